The van der Waals surface area contributed by atoms with Crippen LogP contribution in [-0.4, -0.2) is 47.4 Å². The molecule has 1 N–H and O–H groups in total. The fourth-order valence-corrected chi connectivity index (χ4v) is 2.96. The molecule has 1 saturated heterocycles. The van der Waals surface area contributed by atoms with Crippen LogP contribution in [0.2, 0.25) is 5.02 Å². The first-order valence-electron chi connectivity index (χ1n) is 8.41. The van der Waals surface area contributed by atoms with E-state index in [1.165, 1.54) is 18.2 Å². The van der Waals surface area contributed by atoms with Crippen molar-refractivity contribution < 1.29 is 27.5 Å². The molecule has 0 aliphatic carbocycles. The normalized spacial score (nSPS) is 22.6. The molecule has 0 radical (unpaired) electrons. The maximum atomic E-state index is 14.5. The average molecular weight is 407 g/mol. The van der Waals surface area contributed by atoms with Crippen LogP contribution in [0.1, 0.15) is 32.8 Å². The van der Waals surface area contributed by atoms with Crippen molar-refractivity contribution in [2.24, 2.45) is 0 Å². The van der Waals surface area contributed by atoms with Crippen LogP contribution in [0.4, 0.5) is 18.0 Å². The average Bonchev–Trinajstić information content (AvgIpc) is 2.93. The molecule has 0 spiro atoms. The molecule has 0 bridgehead atoms. The molecule has 9 heteroatoms. The fourth-order valence-electron chi connectivity index (χ4n) is 2.77. The summed E-state index contributed by atoms with van der Waals surface area (Å²) < 4.78 is 46.7. The number of ether oxygens (including phenoxy) is 1. The van der Waals surface area contributed by atoms with Gasteiger partial charge in [-0.05, 0) is 26.8 Å². The van der Waals surface area contributed by atoms with Gasteiger partial charge in [0.25, 0.3) is 0 Å². The van der Waals surface area contributed by atoms with Gasteiger partial charge in [0.1, 0.15) is 24.1 Å². The highest BCUT2D eigenvalue weighted by atomic mass is 35.5. The molecule has 27 heavy (non-hydrogen) atoms. The van der Waals surface area contributed by atoms with E-state index >= 15 is 0 Å². The number of benzene rings is 1. The molecular weight excluding hydrogens is 385 g/mol. The van der Waals surface area contributed by atoms with Crippen LogP contribution >= 0.6 is 11.6 Å². The van der Waals surface area contributed by atoms with E-state index < -0.39 is 54.8 Å². The molecule has 0 unspecified atom stereocenters. The van der Waals surface area contributed by atoms with Crippen molar-refractivity contribution in [3.63, 3.8) is 0 Å². The summed E-state index contributed by atoms with van der Waals surface area (Å²) in [5.41, 5.74) is -3.06. The van der Waals surface area contributed by atoms with E-state index in [2.05, 4.69) is 5.32 Å². The molecule has 2 rings (SSSR count). The van der Waals surface area contributed by atoms with E-state index in [4.69, 9.17) is 16.3 Å². The van der Waals surface area contributed by atoms with Gasteiger partial charge in [-0.15, -0.1) is 0 Å². The standard InChI is InChI=1S/C18H22ClF3N2O3/c1-17(2,3)27-16(26)24-10-18(22,9-20)7-13(24)15(25)23-8-11-5-4-6-12(19)14(11)21/h4-6,13H,7-10H2,1-3H3,(H,23,25)/t13-,18+/m0/s1. The lowest BCUT2D eigenvalue weighted by Crippen LogP contribution is -2.47. The summed E-state index contributed by atoms with van der Waals surface area (Å²) in [6.45, 7) is 2.72. The molecule has 1 aromatic carbocycles. The number of nitrogens with one attached hydrogen (secondary N) is 1. The van der Waals surface area contributed by atoms with Gasteiger partial charge >= 0.3 is 6.09 Å². The quantitative estimate of drug-likeness (QED) is 0.827. The van der Waals surface area contributed by atoms with E-state index in [0.29, 0.717) is 0 Å². The molecule has 1 heterocycles. The molecule has 1 aliphatic heterocycles. The molecule has 0 saturated carbocycles. The number of carbonyl (C=O) groups excluding carboxylic acids is 2. The van der Waals surface area contributed by atoms with Crippen LogP contribution in [0, 0.1) is 5.82 Å². The molecule has 1 aliphatic rings. The second-order valence-corrected chi connectivity index (χ2v) is 7.95. The van der Waals surface area contributed by atoms with Gasteiger partial charge in [-0.3, -0.25) is 9.69 Å². The third-order valence-electron chi connectivity index (χ3n) is 4.04. The van der Waals surface area contributed by atoms with Crippen molar-refractivity contribution in [1.29, 1.82) is 0 Å². The molecule has 5 nitrogen and oxygen atoms in total. The molecular formula is C18H22ClF3N2O3. The van der Waals surface area contributed by atoms with E-state index in [1.54, 1.807) is 20.8 Å². The first-order valence-corrected chi connectivity index (χ1v) is 8.79. The minimum Gasteiger partial charge on any atom is -0.444 e. The smallest absolute Gasteiger partial charge is 0.411 e. The highest BCUT2D eigenvalue weighted by molar-refractivity contribution is 6.30. The lowest BCUT2D eigenvalue weighted by Gasteiger charge is -2.28. The van der Waals surface area contributed by atoms with E-state index in [1.807, 2.05) is 0 Å². The number of hydrogen-bond acceptors (Lipinski definition) is 3. The van der Waals surface area contributed by atoms with Gasteiger partial charge < -0.3 is 10.1 Å². The zero-order valence-electron chi connectivity index (χ0n) is 15.3. The maximum Gasteiger partial charge on any atom is 0.411 e. The van der Waals surface area contributed by atoms with Crippen molar-refractivity contribution in [3.8, 4) is 0 Å². The summed E-state index contributed by atoms with van der Waals surface area (Å²) in [5.74, 6) is -1.41. The van der Waals surface area contributed by atoms with Gasteiger partial charge in [0.15, 0.2) is 5.67 Å². The summed E-state index contributed by atoms with van der Waals surface area (Å²) >= 11 is 5.69. The largest absolute Gasteiger partial charge is 0.444 e. The SMILES string of the molecule is CC(C)(C)OC(=O)N1C[C@](F)(CF)C[C@H]1C(=O)NCc1cccc(Cl)c1F. The van der Waals surface area contributed by atoms with Crippen molar-refractivity contribution in [2.75, 3.05) is 13.2 Å². The second kappa shape index (κ2) is 7.96. The number of alkyl halides is 2. The Morgan fingerprint density at radius 1 is 1.41 bits per heavy atom. The lowest BCUT2D eigenvalue weighted by molar-refractivity contribution is -0.125. The molecule has 0 aromatic heterocycles. The summed E-state index contributed by atoms with van der Waals surface area (Å²) in [4.78, 5) is 25.7. The molecule has 2 atom stereocenters. The van der Waals surface area contributed by atoms with Crippen LogP contribution < -0.4 is 5.32 Å². The lowest BCUT2D eigenvalue weighted by atomic mass is 10.0. The molecule has 1 fully saturated rings. The fraction of sp³-hybridized carbons (Fsp3) is 0.556. The van der Waals surface area contributed by atoms with Crippen molar-refractivity contribution in [1.82, 2.24) is 10.2 Å². The van der Waals surface area contributed by atoms with E-state index in [-0.39, 0.29) is 17.1 Å². The van der Waals surface area contributed by atoms with E-state index in [9.17, 15) is 22.8 Å². The van der Waals surface area contributed by atoms with Gasteiger partial charge in [0.05, 0.1) is 11.6 Å². The summed E-state index contributed by atoms with van der Waals surface area (Å²) in [5, 5.41) is 2.34. The highest BCUT2D eigenvalue weighted by Gasteiger charge is 2.50. The Kier molecular flexibility index (Phi) is 6.29. The number of hydrogen-bond donors (Lipinski definition) is 1. The van der Waals surface area contributed by atoms with Crippen LogP contribution in [0.15, 0.2) is 18.2 Å². The summed E-state index contributed by atoms with van der Waals surface area (Å²) in [6, 6.07) is 3.05. The van der Waals surface area contributed by atoms with Crippen molar-refractivity contribution in [2.45, 2.75) is 51.0 Å². The zero-order valence-corrected chi connectivity index (χ0v) is 16.1. The van der Waals surface area contributed by atoms with E-state index in [0.717, 1.165) is 4.90 Å². The van der Waals surface area contributed by atoms with Gasteiger partial charge in [-0.1, -0.05) is 23.7 Å². The Hall–Kier alpha value is -1.96. The maximum absolute atomic E-state index is 14.5. The minimum atomic E-state index is -2.33. The zero-order chi connectivity index (χ0) is 20.4. The third kappa shape index (κ3) is 5.28. The Morgan fingerprint density at radius 3 is 2.67 bits per heavy atom. The monoisotopic (exact) mass is 406 g/mol. The third-order valence-corrected chi connectivity index (χ3v) is 4.34. The Morgan fingerprint density at radius 2 is 2.07 bits per heavy atom. The van der Waals surface area contributed by atoms with Crippen LogP contribution in [0.5, 0.6) is 0 Å². The number of carbonyl (C=O) groups is 2. The van der Waals surface area contributed by atoms with Crippen molar-refractivity contribution in [3.05, 3.63) is 34.6 Å². The van der Waals surface area contributed by atoms with Gasteiger partial charge in [0.2, 0.25) is 5.91 Å². The number of nitrogens with zero attached hydrogens (tertiary/aromatic N) is 1. The first kappa shape index (κ1) is 21.3. The number of halogens is 4. The van der Waals surface area contributed by atoms with Crippen LogP contribution in [0.3, 0.4) is 0 Å². The highest BCUT2D eigenvalue weighted by Crippen LogP contribution is 2.32. The second-order valence-electron chi connectivity index (χ2n) is 7.54. The predicted molar refractivity (Wildman–Crippen MR) is 94.4 cm³/mol. The Balaban J connectivity index is 2.13. The Labute approximate surface area is 160 Å². The number of amides is 2. The van der Waals surface area contributed by atoms with Crippen LogP contribution in [0.25, 0.3) is 0 Å². The van der Waals surface area contributed by atoms with Crippen LogP contribution in [-0.2, 0) is 16.1 Å². The predicted octanol–water partition coefficient (Wildman–Crippen LogP) is 3.78. The van der Waals surface area contributed by atoms with Gasteiger partial charge in [-0.25, -0.2) is 18.0 Å². The molecule has 150 valence electrons. The van der Waals surface area contributed by atoms with Gasteiger partial charge in [0, 0.05) is 18.5 Å². The summed E-state index contributed by atoms with van der Waals surface area (Å²) in [6.07, 6.45) is -1.42. The van der Waals surface area contributed by atoms with Gasteiger partial charge in [-0.2, -0.15) is 0 Å². The minimum absolute atomic E-state index is 0.0989. The number of rotatable bonds is 4. The Bertz CT molecular complexity index is 726. The molecule has 2 amide bonds. The molecule has 1 aromatic rings. The summed E-state index contributed by atoms with van der Waals surface area (Å²) in [7, 11) is 0. The topological polar surface area (TPSA) is 58.6 Å². The number of likely N-dealkylation sites (tertiary alicyclic amines) is 1. The first-order chi connectivity index (χ1) is 12.5. The van der Waals surface area contributed by atoms with Crippen molar-refractivity contribution >= 4 is 23.6 Å².